The summed E-state index contributed by atoms with van der Waals surface area (Å²) in [5.41, 5.74) is 5.55. The highest BCUT2D eigenvalue weighted by Crippen LogP contribution is 2.39. The predicted molar refractivity (Wildman–Crippen MR) is 88.5 cm³/mol. The molecule has 1 amide bonds. The summed E-state index contributed by atoms with van der Waals surface area (Å²) in [7, 11) is 0. The number of hydrogen-bond donors (Lipinski definition) is 2. The molecule has 0 radical (unpaired) electrons. The molecule has 3 nitrogen and oxygen atoms in total. The fraction of sp³-hybridized carbons (Fsp3) is 0.875. The smallest absolute Gasteiger partial charge is 0.223 e. The van der Waals surface area contributed by atoms with Crippen molar-refractivity contribution in [2.45, 2.75) is 72.3 Å². The maximum Gasteiger partial charge on any atom is 0.223 e. The van der Waals surface area contributed by atoms with Crippen molar-refractivity contribution in [1.82, 2.24) is 5.32 Å². The molecular weight excluding hydrogens is 268 g/mol. The molecule has 4 heteroatoms. The molecule has 1 fully saturated rings. The monoisotopic (exact) mass is 298 g/mol. The lowest BCUT2D eigenvalue weighted by Gasteiger charge is -2.38. The van der Waals surface area contributed by atoms with E-state index in [1.54, 1.807) is 0 Å². The summed E-state index contributed by atoms with van der Waals surface area (Å²) in [6.45, 7) is 10.8. The summed E-state index contributed by atoms with van der Waals surface area (Å²) in [6, 6.07) is 0. The minimum absolute atomic E-state index is 0.119. The van der Waals surface area contributed by atoms with Gasteiger partial charge in [-0.05, 0) is 50.4 Å². The van der Waals surface area contributed by atoms with Gasteiger partial charge in [-0.2, -0.15) is 0 Å². The van der Waals surface area contributed by atoms with Crippen LogP contribution in [0.5, 0.6) is 0 Å². The van der Waals surface area contributed by atoms with Gasteiger partial charge in [0.2, 0.25) is 5.91 Å². The standard InChI is InChI=1S/C16H30N2OS/c1-6-16(5,14(17)20)18-13(19)11-7-9-12(10-8-11)15(2,3)4/h11-12H,6-10H2,1-5H3,(H2,17,20)(H,18,19). The van der Waals surface area contributed by atoms with Gasteiger partial charge in [-0.25, -0.2) is 0 Å². The van der Waals surface area contributed by atoms with Crippen LogP contribution in [0.1, 0.15) is 66.7 Å². The van der Waals surface area contributed by atoms with Gasteiger partial charge in [0.15, 0.2) is 0 Å². The highest BCUT2D eigenvalue weighted by molar-refractivity contribution is 7.80. The summed E-state index contributed by atoms with van der Waals surface area (Å²) in [5.74, 6) is 0.961. The highest BCUT2D eigenvalue weighted by atomic mass is 32.1. The first-order valence-electron chi connectivity index (χ1n) is 7.72. The van der Waals surface area contributed by atoms with Crippen molar-refractivity contribution in [1.29, 1.82) is 0 Å². The van der Waals surface area contributed by atoms with Crippen LogP contribution in [0.25, 0.3) is 0 Å². The SMILES string of the molecule is CCC(C)(NC(=O)C1CCC(C(C)(C)C)CC1)C(N)=S. The van der Waals surface area contributed by atoms with Gasteiger partial charge < -0.3 is 11.1 Å². The maximum absolute atomic E-state index is 12.4. The molecule has 1 aliphatic carbocycles. The molecule has 1 aliphatic rings. The zero-order valence-corrected chi connectivity index (χ0v) is 14.4. The number of amides is 1. The lowest BCUT2D eigenvalue weighted by atomic mass is 9.69. The quantitative estimate of drug-likeness (QED) is 0.782. The van der Waals surface area contributed by atoms with Crippen molar-refractivity contribution < 1.29 is 4.79 Å². The van der Waals surface area contributed by atoms with Crippen molar-refractivity contribution in [3.05, 3.63) is 0 Å². The first-order valence-corrected chi connectivity index (χ1v) is 8.13. The van der Waals surface area contributed by atoms with E-state index in [2.05, 4.69) is 26.1 Å². The number of carbonyl (C=O) groups is 1. The van der Waals surface area contributed by atoms with E-state index >= 15 is 0 Å². The Kier molecular flexibility index (Phi) is 5.59. The molecule has 0 heterocycles. The summed E-state index contributed by atoms with van der Waals surface area (Å²) in [4.78, 5) is 12.8. The zero-order chi connectivity index (χ0) is 15.6. The second-order valence-corrected chi connectivity index (χ2v) is 7.89. The Hall–Kier alpha value is -0.640. The predicted octanol–water partition coefficient (Wildman–Crippen LogP) is 3.41. The number of rotatable bonds is 4. The minimum atomic E-state index is -0.548. The van der Waals surface area contributed by atoms with Crippen LogP contribution in [-0.2, 0) is 4.79 Å². The van der Waals surface area contributed by atoms with E-state index in [9.17, 15) is 4.79 Å². The molecule has 1 rings (SSSR count). The van der Waals surface area contributed by atoms with Crippen LogP contribution < -0.4 is 11.1 Å². The van der Waals surface area contributed by atoms with Gasteiger partial charge in [0, 0.05) is 5.92 Å². The average Bonchev–Trinajstić information content (AvgIpc) is 2.37. The third kappa shape index (κ3) is 4.18. The Labute approximate surface area is 129 Å². The summed E-state index contributed by atoms with van der Waals surface area (Å²) < 4.78 is 0. The minimum Gasteiger partial charge on any atom is -0.391 e. The Morgan fingerprint density at radius 3 is 2.05 bits per heavy atom. The third-order valence-electron chi connectivity index (χ3n) is 4.97. The number of carbonyl (C=O) groups excluding carboxylic acids is 1. The summed E-state index contributed by atoms with van der Waals surface area (Å²) in [5, 5.41) is 3.06. The molecule has 3 N–H and O–H groups in total. The van der Waals surface area contributed by atoms with Gasteiger partial charge in [0.05, 0.1) is 10.5 Å². The van der Waals surface area contributed by atoms with Crippen molar-refractivity contribution in [3.8, 4) is 0 Å². The summed E-state index contributed by atoms with van der Waals surface area (Å²) in [6.07, 6.45) is 4.95. The second-order valence-electron chi connectivity index (χ2n) is 7.45. The maximum atomic E-state index is 12.4. The first kappa shape index (κ1) is 17.4. The second kappa shape index (κ2) is 6.42. The molecule has 1 atom stereocenters. The van der Waals surface area contributed by atoms with Crippen molar-refractivity contribution in [2.24, 2.45) is 23.0 Å². The van der Waals surface area contributed by atoms with Crippen molar-refractivity contribution in [3.63, 3.8) is 0 Å². The van der Waals surface area contributed by atoms with Crippen LogP contribution in [0, 0.1) is 17.3 Å². The number of nitrogens with one attached hydrogen (secondary N) is 1. The lowest BCUT2D eigenvalue weighted by Crippen LogP contribution is -2.55. The molecule has 0 aliphatic heterocycles. The van der Waals surface area contributed by atoms with E-state index in [0.717, 1.165) is 38.0 Å². The number of hydrogen-bond acceptors (Lipinski definition) is 2. The molecule has 1 unspecified atom stereocenters. The summed E-state index contributed by atoms with van der Waals surface area (Å²) >= 11 is 5.08. The van der Waals surface area contributed by atoms with Gasteiger partial charge in [-0.1, -0.05) is 39.9 Å². The van der Waals surface area contributed by atoms with Gasteiger partial charge in [-0.15, -0.1) is 0 Å². The van der Waals surface area contributed by atoms with Crippen molar-refractivity contribution >= 4 is 23.1 Å². The largest absolute Gasteiger partial charge is 0.391 e. The van der Waals surface area contributed by atoms with Gasteiger partial charge >= 0.3 is 0 Å². The van der Waals surface area contributed by atoms with Crippen LogP contribution in [0.3, 0.4) is 0 Å². The van der Waals surface area contributed by atoms with Gasteiger partial charge in [0.1, 0.15) is 0 Å². The fourth-order valence-electron chi connectivity index (χ4n) is 2.92. The Morgan fingerprint density at radius 1 is 1.20 bits per heavy atom. The Bertz CT molecular complexity index is 367. The van der Waals surface area contributed by atoms with Crippen LogP contribution in [-0.4, -0.2) is 16.4 Å². The Balaban J connectivity index is 2.57. The molecule has 0 aromatic heterocycles. The molecule has 0 bridgehead atoms. The van der Waals surface area contributed by atoms with Crippen LogP contribution in [0.2, 0.25) is 0 Å². The topological polar surface area (TPSA) is 55.1 Å². The fourth-order valence-corrected chi connectivity index (χ4v) is 3.12. The molecule has 0 aromatic carbocycles. The van der Waals surface area contributed by atoms with E-state index in [4.69, 9.17) is 18.0 Å². The van der Waals surface area contributed by atoms with Crippen LogP contribution in [0.15, 0.2) is 0 Å². The first-order chi connectivity index (χ1) is 9.10. The van der Waals surface area contributed by atoms with E-state index < -0.39 is 5.54 Å². The third-order valence-corrected chi connectivity index (χ3v) is 5.42. The Morgan fingerprint density at radius 2 is 1.70 bits per heavy atom. The van der Waals surface area contributed by atoms with E-state index in [-0.39, 0.29) is 11.8 Å². The van der Waals surface area contributed by atoms with Crippen molar-refractivity contribution in [2.75, 3.05) is 0 Å². The van der Waals surface area contributed by atoms with Gasteiger partial charge in [0.25, 0.3) is 0 Å². The lowest BCUT2D eigenvalue weighted by molar-refractivity contribution is -0.127. The molecule has 1 saturated carbocycles. The molecule has 0 aromatic rings. The van der Waals surface area contributed by atoms with Crippen LogP contribution >= 0.6 is 12.2 Å². The molecule has 20 heavy (non-hydrogen) atoms. The van der Waals surface area contributed by atoms with Crippen LogP contribution in [0.4, 0.5) is 0 Å². The average molecular weight is 298 g/mol. The molecule has 0 saturated heterocycles. The normalized spacial score (nSPS) is 26.6. The van der Waals surface area contributed by atoms with E-state index in [1.165, 1.54) is 0 Å². The molecule has 116 valence electrons. The van der Waals surface area contributed by atoms with Gasteiger partial charge in [-0.3, -0.25) is 4.79 Å². The molecule has 0 spiro atoms. The molecular formula is C16H30N2OS. The van der Waals surface area contributed by atoms with E-state index in [1.807, 2.05) is 13.8 Å². The highest BCUT2D eigenvalue weighted by Gasteiger charge is 2.35. The number of nitrogens with two attached hydrogens (primary N) is 1. The van der Waals surface area contributed by atoms with E-state index in [0.29, 0.717) is 10.4 Å². The number of thiocarbonyl (C=S) groups is 1. The zero-order valence-electron chi connectivity index (χ0n) is 13.6.